The van der Waals surface area contributed by atoms with Crippen LogP contribution < -0.4 is 16.0 Å². The average Bonchev–Trinajstić information content (AvgIpc) is 3.35. The highest BCUT2D eigenvalue weighted by atomic mass is 35.5. The van der Waals surface area contributed by atoms with Gasteiger partial charge in [0.25, 0.3) is 5.91 Å². The highest BCUT2D eigenvalue weighted by Crippen LogP contribution is 2.30. The van der Waals surface area contributed by atoms with Crippen LogP contribution in [0.2, 0.25) is 0 Å². The molecule has 3 rings (SSSR count). The number of hydrogen-bond donors (Lipinski definition) is 3. The number of rotatable bonds is 4. The second kappa shape index (κ2) is 7.79. The average molecular weight is 338 g/mol. The molecule has 2 aliphatic rings. The predicted molar refractivity (Wildman–Crippen MR) is 92.9 cm³/mol. The predicted octanol–water partition coefficient (Wildman–Crippen LogP) is 2.18. The van der Waals surface area contributed by atoms with Gasteiger partial charge in [0.1, 0.15) is 0 Å². The summed E-state index contributed by atoms with van der Waals surface area (Å²) in [5.41, 5.74) is 1.39. The fraction of sp³-hybridized carbons (Fsp3) is 0.529. The molecule has 2 amide bonds. The molecule has 1 aliphatic heterocycles. The zero-order chi connectivity index (χ0) is 15.5. The van der Waals surface area contributed by atoms with Crippen LogP contribution in [0.4, 0.5) is 5.69 Å². The van der Waals surface area contributed by atoms with Crippen LogP contribution in [0.15, 0.2) is 24.3 Å². The van der Waals surface area contributed by atoms with Gasteiger partial charge < -0.3 is 16.0 Å². The van der Waals surface area contributed by atoms with E-state index in [0.29, 0.717) is 11.5 Å². The van der Waals surface area contributed by atoms with Gasteiger partial charge in [-0.2, -0.15) is 0 Å². The van der Waals surface area contributed by atoms with Gasteiger partial charge in [-0.1, -0.05) is 6.92 Å². The van der Waals surface area contributed by atoms with Gasteiger partial charge in [0.15, 0.2) is 0 Å². The van der Waals surface area contributed by atoms with Gasteiger partial charge in [-0.05, 0) is 62.5 Å². The molecule has 5 nitrogen and oxygen atoms in total. The van der Waals surface area contributed by atoms with Gasteiger partial charge in [-0.25, -0.2) is 0 Å². The van der Waals surface area contributed by atoms with Crippen molar-refractivity contribution in [1.29, 1.82) is 0 Å². The molecule has 2 atom stereocenters. The maximum absolute atomic E-state index is 12.3. The smallest absolute Gasteiger partial charge is 0.251 e. The number of carbonyl (C=O) groups is 2. The Labute approximate surface area is 143 Å². The monoisotopic (exact) mass is 337 g/mol. The van der Waals surface area contributed by atoms with Crippen LogP contribution >= 0.6 is 12.4 Å². The summed E-state index contributed by atoms with van der Waals surface area (Å²) in [5.74, 6) is 0.665. The molecule has 126 valence electrons. The van der Waals surface area contributed by atoms with Crippen LogP contribution in [0.3, 0.4) is 0 Å². The Bertz CT molecular complexity index is 557. The summed E-state index contributed by atoms with van der Waals surface area (Å²) in [6.07, 6.45) is 2.93. The third-order valence-electron chi connectivity index (χ3n) is 4.46. The third-order valence-corrected chi connectivity index (χ3v) is 4.46. The first-order valence-electron chi connectivity index (χ1n) is 8.06. The van der Waals surface area contributed by atoms with E-state index in [-0.39, 0.29) is 36.2 Å². The molecular weight excluding hydrogens is 314 g/mol. The Balaban J connectivity index is 0.00000192. The van der Waals surface area contributed by atoms with Crippen molar-refractivity contribution in [2.75, 3.05) is 18.4 Å². The summed E-state index contributed by atoms with van der Waals surface area (Å²) in [5, 5.41) is 9.31. The molecule has 1 saturated heterocycles. The number of benzene rings is 1. The van der Waals surface area contributed by atoms with Crippen LogP contribution in [-0.2, 0) is 4.79 Å². The molecule has 1 saturated carbocycles. The SMILES string of the molecule is CC1CNCCC1NC(=O)c1ccc(NC(=O)C2CC2)cc1.Cl. The number of amides is 2. The number of nitrogens with one attached hydrogen (secondary N) is 3. The van der Waals surface area contributed by atoms with Gasteiger partial charge in [0.2, 0.25) is 5.91 Å². The van der Waals surface area contributed by atoms with E-state index in [1.165, 1.54) is 0 Å². The number of carbonyl (C=O) groups excluding carboxylic acids is 2. The molecule has 6 heteroatoms. The Morgan fingerprint density at radius 2 is 1.83 bits per heavy atom. The number of piperidine rings is 1. The number of halogens is 1. The lowest BCUT2D eigenvalue weighted by Crippen LogP contribution is -2.48. The summed E-state index contributed by atoms with van der Waals surface area (Å²) in [6.45, 7) is 4.03. The van der Waals surface area contributed by atoms with E-state index in [2.05, 4.69) is 22.9 Å². The number of hydrogen-bond acceptors (Lipinski definition) is 3. The Morgan fingerprint density at radius 3 is 2.43 bits per heavy atom. The highest BCUT2D eigenvalue weighted by Gasteiger charge is 2.29. The van der Waals surface area contributed by atoms with Crippen LogP contribution in [0.25, 0.3) is 0 Å². The molecule has 1 aromatic carbocycles. The second-order valence-corrected chi connectivity index (χ2v) is 6.39. The van der Waals surface area contributed by atoms with Gasteiger partial charge in [0, 0.05) is 23.2 Å². The van der Waals surface area contributed by atoms with E-state index in [4.69, 9.17) is 0 Å². The molecule has 0 spiro atoms. The first-order valence-corrected chi connectivity index (χ1v) is 8.06. The lowest BCUT2D eigenvalue weighted by molar-refractivity contribution is -0.117. The van der Waals surface area contributed by atoms with E-state index < -0.39 is 0 Å². The summed E-state index contributed by atoms with van der Waals surface area (Å²) in [4.78, 5) is 24.0. The van der Waals surface area contributed by atoms with Gasteiger partial charge >= 0.3 is 0 Å². The molecule has 0 radical (unpaired) electrons. The molecule has 0 aromatic heterocycles. The largest absolute Gasteiger partial charge is 0.349 e. The van der Waals surface area contributed by atoms with Crippen molar-refractivity contribution in [3.63, 3.8) is 0 Å². The van der Waals surface area contributed by atoms with Crippen LogP contribution in [0, 0.1) is 11.8 Å². The normalized spacial score (nSPS) is 23.5. The van der Waals surface area contributed by atoms with Crippen molar-refractivity contribution < 1.29 is 9.59 Å². The molecule has 23 heavy (non-hydrogen) atoms. The third kappa shape index (κ3) is 4.69. The maximum atomic E-state index is 12.3. The van der Waals surface area contributed by atoms with Gasteiger partial charge in [0.05, 0.1) is 0 Å². The summed E-state index contributed by atoms with van der Waals surface area (Å²) in [6, 6.07) is 7.35. The van der Waals surface area contributed by atoms with E-state index >= 15 is 0 Å². The van der Waals surface area contributed by atoms with Crippen LogP contribution in [-0.4, -0.2) is 30.9 Å². The fourth-order valence-corrected chi connectivity index (χ4v) is 2.77. The van der Waals surface area contributed by atoms with Gasteiger partial charge in [-0.15, -0.1) is 12.4 Å². The van der Waals surface area contributed by atoms with Gasteiger partial charge in [-0.3, -0.25) is 9.59 Å². The maximum Gasteiger partial charge on any atom is 0.251 e. The summed E-state index contributed by atoms with van der Waals surface area (Å²) in [7, 11) is 0. The van der Waals surface area contributed by atoms with Crippen molar-refractivity contribution >= 4 is 29.9 Å². The molecule has 3 N–H and O–H groups in total. The van der Waals surface area contributed by atoms with Crippen LogP contribution in [0.5, 0.6) is 0 Å². The summed E-state index contributed by atoms with van der Waals surface area (Å²) < 4.78 is 0. The first-order chi connectivity index (χ1) is 10.6. The molecule has 1 aliphatic carbocycles. The zero-order valence-electron chi connectivity index (χ0n) is 13.3. The first kappa shape index (κ1) is 17.8. The zero-order valence-corrected chi connectivity index (χ0v) is 14.1. The second-order valence-electron chi connectivity index (χ2n) is 6.39. The van der Waals surface area contributed by atoms with E-state index in [1.807, 2.05) is 0 Å². The Morgan fingerprint density at radius 1 is 1.13 bits per heavy atom. The molecule has 2 fully saturated rings. The quantitative estimate of drug-likeness (QED) is 0.788. The van der Waals surface area contributed by atoms with E-state index in [1.54, 1.807) is 24.3 Å². The van der Waals surface area contributed by atoms with Crippen molar-refractivity contribution in [2.24, 2.45) is 11.8 Å². The van der Waals surface area contributed by atoms with E-state index in [9.17, 15) is 9.59 Å². The topological polar surface area (TPSA) is 70.2 Å². The van der Waals surface area contributed by atoms with Crippen LogP contribution in [0.1, 0.15) is 36.5 Å². The molecule has 1 aromatic rings. The minimum absolute atomic E-state index is 0. The molecule has 1 heterocycles. The standard InChI is InChI=1S/C17H23N3O2.ClH/c1-11-10-18-9-8-15(11)20-17(22)13-4-6-14(7-5-13)19-16(21)12-2-3-12;/h4-7,11-12,15,18H,2-3,8-10H2,1H3,(H,19,21)(H,20,22);1H. The lowest BCUT2D eigenvalue weighted by atomic mass is 9.95. The highest BCUT2D eigenvalue weighted by molar-refractivity contribution is 5.96. The van der Waals surface area contributed by atoms with E-state index in [0.717, 1.165) is 38.0 Å². The fourth-order valence-electron chi connectivity index (χ4n) is 2.77. The molecular formula is C17H24ClN3O2. The number of anilines is 1. The van der Waals surface area contributed by atoms with Crippen molar-refractivity contribution in [3.8, 4) is 0 Å². The minimum atomic E-state index is -0.0428. The Kier molecular flexibility index (Phi) is 6.02. The summed E-state index contributed by atoms with van der Waals surface area (Å²) >= 11 is 0. The van der Waals surface area contributed by atoms with Crippen molar-refractivity contribution in [3.05, 3.63) is 29.8 Å². The lowest BCUT2D eigenvalue weighted by Gasteiger charge is -2.30. The minimum Gasteiger partial charge on any atom is -0.349 e. The van der Waals surface area contributed by atoms with Crippen molar-refractivity contribution in [2.45, 2.75) is 32.2 Å². The molecule has 2 unspecified atom stereocenters. The molecule has 0 bridgehead atoms. The van der Waals surface area contributed by atoms with Crippen molar-refractivity contribution in [1.82, 2.24) is 10.6 Å². The Hall–Kier alpha value is -1.59.